The Morgan fingerprint density at radius 3 is 2.45 bits per heavy atom. The molecule has 1 amide bonds. The maximum absolute atomic E-state index is 13.3. The van der Waals surface area contributed by atoms with Gasteiger partial charge in [0.25, 0.3) is 15.9 Å². The van der Waals surface area contributed by atoms with Gasteiger partial charge in [-0.3, -0.25) is 9.10 Å². The van der Waals surface area contributed by atoms with Crippen molar-refractivity contribution in [1.82, 2.24) is 5.32 Å². The van der Waals surface area contributed by atoms with Crippen molar-refractivity contribution < 1.29 is 35.9 Å². The first-order valence-corrected chi connectivity index (χ1v) is 11.3. The number of alkyl halides is 3. The van der Waals surface area contributed by atoms with E-state index in [9.17, 15) is 31.2 Å². The van der Waals surface area contributed by atoms with Crippen molar-refractivity contribution in [1.29, 1.82) is 0 Å². The summed E-state index contributed by atoms with van der Waals surface area (Å²) in [6.07, 6.45) is -4.55. The molecule has 0 spiro atoms. The Hall–Kier alpha value is -3.34. The molecular weight excluding hydrogens is 461 g/mol. The first kappa shape index (κ1) is 25.9. The van der Waals surface area contributed by atoms with Gasteiger partial charge in [0.2, 0.25) is 0 Å². The van der Waals surface area contributed by atoms with Crippen LogP contribution in [0.5, 0.6) is 0 Å². The van der Waals surface area contributed by atoms with E-state index in [0.717, 1.165) is 22.5 Å². The molecule has 1 unspecified atom stereocenters. The molecule has 0 bridgehead atoms. The Morgan fingerprint density at radius 1 is 1.18 bits per heavy atom. The molecule has 0 radical (unpaired) electrons. The van der Waals surface area contributed by atoms with Gasteiger partial charge in [0.1, 0.15) is 0 Å². The highest BCUT2D eigenvalue weighted by molar-refractivity contribution is 7.92. The van der Waals surface area contributed by atoms with E-state index in [1.165, 1.54) is 37.3 Å². The summed E-state index contributed by atoms with van der Waals surface area (Å²) in [7, 11) is -4.38. The Kier molecular flexibility index (Phi) is 8.26. The predicted molar refractivity (Wildman–Crippen MR) is 116 cm³/mol. The van der Waals surface area contributed by atoms with Gasteiger partial charge in [0.15, 0.2) is 6.10 Å². The molecule has 2 aromatic carbocycles. The summed E-state index contributed by atoms with van der Waals surface area (Å²) in [5.74, 6) is -1.45. The Labute approximate surface area is 189 Å². The number of carbonyl (C=O) groups excluding carboxylic acids is 2. The average molecular weight is 484 g/mol. The number of nitrogens with zero attached hydrogens (tertiary/aromatic N) is 1. The number of hydrogen-bond acceptors (Lipinski definition) is 5. The third-order valence-electron chi connectivity index (χ3n) is 4.42. The summed E-state index contributed by atoms with van der Waals surface area (Å²) in [4.78, 5) is 23.8. The van der Waals surface area contributed by atoms with E-state index < -0.39 is 39.7 Å². The summed E-state index contributed by atoms with van der Waals surface area (Å²) in [6, 6.07) is 8.69. The van der Waals surface area contributed by atoms with Crippen LogP contribution in [0.15, 0.2) is 66.1 Å². The predicted octanol–water partition coefficient (Wildman–Crippen LogP) is 3.77. The quantitative estimate of drug-likeness (QED) is 0.432. The van der Waals surface area contributed by atoms with E-state index in [1.807, 2.05) is 0 Å². The molecule has 178 valence electrons. The van der Waals surface area contributed by atoms with Gasteiger partial charge in [-0.2, -0.15) is 13.2 Å². The van der Waals surface area contributed by atoms with Gasteiger partial charge < -0.3 is 10.1 Å². The van der Waals surface area contributed by atoms with E-state index in [2.05, 4.69) is 11.9 Å². The summed E-state index contributed by atoms with van der Waals surface area (Å²) in [6.45, 7) is 6.56. The second-order valence-corrected chi connectivity index (χ2v) is 8.71. The lowest BCUT2D eigenvalue weighted by atomic mass is 10.2. The number of amides is 1. The van der Waals surface area contributed by atoms with E-state index in [-0.39, 0.29) is 22.7 Å². The van der Waals surface area contributed by atoms with Gasteiger partial charge >= 0.3 is 12.1 Å². The van der Waals surface area contributed by atoms with Crippen molar-refractivity contribution in [3.8, 4) is 0 Å². The van der Waals surface area contributed by atoms with Gasteiger partial charge in [0.05, 0.1) is 28.3 Å². The first-order valence-electron chi connectivity index (χ1n) is 9.81. The van der Waals surface area contributed by atoms with Crippen molar-refractivity contribution in [3.05, 3.63) is 72.3 Å². The van der Waals surface area contributed by atoms with Crippen LogP contribution in [-0.2, 0) is 25.7 Å². The molecule has 11 heteroatoms. The third kappa shape index (κ3) is 6.35. The van der Waals surface area contributed by atoms with E-state index >= 15 is 0 Å². The summed E-state index contributed by atoms with van der Waals surface area (Å²) >= 11 is 0. The second kappa shape index (κ2) is 10.5. The molecule has 1 N–H and O–H groups in total. The largest absolute Gasteiger partial charge is 0.449 e. The number of halogens is 3. The molecule has 0 saturated carbocycles. The molecule has 0 saturated heterocycles. The number of rotatable bonds is 9. The van der Waals surface area contributed by atoms with Crippen molar-refractivity contribution in [2.75, 3.05) is 17.4 Å². The highest BCUT2D eigenvalue weighted by Crippen LogP contribution is 2.33. The first-order chi connectivity index (χ1) is 15.4. The van der Waals surface area contributed by atoms with Crippen LogP contribution in [0, 0.1) is 0 Å². The van der Waals surface area contributed by atoms with E-state index in [4.69, 9.17) is 4.74 Å². The average Bonchev–Trinajstić information content (AvgIpc) is 2.77. The van der Waals surface area contributed by atoms with Crippen molar-refractivity contribution >= 4 is 27.6 Å². The monoisotopic (exact) mass is 484 g/mol. The lowest BCUT2D eigenvalue weighted by Gasteiger charge is -2.24. The molecule has 0 aromatic heterocycles. The van der Waals surface area contributed by atoms with Crippen LogP contribution < -0.4 is 9.62 Å². The Bertz CT molecular complexity index is 1130. The number of sulfonamides is 1. The molecule has 0 heterocycles. The van der Waals surface area contributed by atoms with E-state index in [1.54, 1.807) is 6.92 Å². The number of likely N-dealkylation sites (N-methyl/N-ethyl adjacent to an activating group) is 1. The lowest BCUT2D eigenvalue weighted by molar-refractivity contribution is -0.137. The molecule has 2 aromatic rings. The third-order valence-corrected chi connectivity index (χ3v) is 6.21. The fourth-order valence-electron chi connectivity index (χ4n) is 2.81. The van der Waals surface area contributed by atoms with Gasteiger partial charge in [-0.05, 0) is 50.2 Å². The SMILES string of the molecule is C=CCN(c1cccc(C(F)(F)F)c1)S(=O)(=O)c1cccc(C(=O)OC(C)C(=O)NCC)c1. The molecular formula is C22H23F3N2O5S. The zero-order chi connectivity index (χ0) is 24.8. The zero-order valence-corrected chi connectivity index (χ0v) is 18.7. The summed E-state index contributed by atoms with van der Waals surface area (Å²) in [5, 5.41) is 2.49. The van der Waals surface area contributed by atoms with Crippen LogP contribution in [0.2, 0.25) is 0 Å². The number of ether oxygens (including phenoxy) is 1. The standard InChI is InChI=1S/C22H23F3N2O5S/c1-4-12-27(18-10-7-9-17(14-18)22(23,24)25)33(30,31)19-11-6-8-16(13-19)21(29)32-15(3)20(28)26-5-2/h4,6-11,13-15H,1,5,12H2,2-3H3,(H,26,28). The minimum atomic E-state index is -4.66. The highest BCUT2D eigenvalue weighted by atomic mass is 32.2. The van der Waals surface area contributed by atoms with Gasteiger partial charge in [-0.15, -0.1) is 6.58 Å². The maximum atomic E-state index is 13.3. The van der Waals surface area contributed by atoms with Crippen molar-refractivity contribution in [2.24, 2.45) is 0 Å². The number of anilines is 1. The van der Waals surface area contributed by atoms with Crippen LogP contribution >= 0.6 is 0 Å². The topological polar surface area (TPSA) is 92.8 Å². The number of esters is 1. The van der Waals surface area contributed by atoms with Crippen LogP contribution in [0.25, 0.3) is 0 Å². The van der Waals surface area contributed by atoms with Crippen LogP contribution in [0.4, 0.5) is 18.9 Å². The number of nitrogens with one attached hydrogen (secondary N) is 1. The maximum Gasteiger partial charge on any atom is 0.416 e. The smallest absolute Gasteiger partial charge is 0.416 e. The highest BCUT2D eigenvalue weighted by Gasteiger charge is 2.32. The number of benzene rings is 2. The molecule has 0 aliphatic heterocycles. The second-order valence-electron chi connectivity index (χ2n) is 6.84. The Morgan fingerprint density at radius 2 is 1.85 bits per heavy atom. The molecule has 0 aliphatic carbocycles. The minimum Gasteiger partial charge on any atom is -0.449 e. The fraction of sp³-hybridized carbons (Fsp3) is 0.273. The van der Waals surface area contributed by atoms with Gasteiger partial charge in [-0.25, -0.2) is 13.2 Å². The fourth-order valence-corrected chi connectivity index (χ4v) is 4.28. The molecule has 0 aliphatic rings. The zero-order valence-electron chi connectivity index (χ0n) is 17.9. The molecule has 33 heavy (non-hydrogen) atoms. The van der Waals surface area contributed by atoms with Crippen LogP contribution in [-0.4, -0.2) is 39.5 Å². The number of hydrogen-bond donors (Lipinski definition) is 1. The normalized spacial score (nSPS) is 12.5. The van der Waals surface area contributed by atoms with Crippen molar-refractivity contribution in [2.45, 2.75) is 31.0 Å². The lowest BCUT2D eigenvalue weighted by Crippen LogP contribution is -2.35. The van der Waals surface area contributed by atoms with E-state index in [0.29, 0.717) is 12.6 Å². The van der Waals surface area contributed by atoms with Crippen LogP contribution in [0.1, 0.15) is 29.8 Å². The summed E-state index contributed by atoms with van der Waals surface area (Å²) in [5.41, 5.74) is -1.38. The molecule has 0 fully saturated rings. The van der Waals surface area contributed by atoms with Gasteiger partial charge in [-0.1, -0.05) is 18.2 Å². The van der Waals surface area contributed by atoms with Crippen molar-refractivity contribution in [3.63, 3.8) is 0 Å². The number of carbonyl (C=O) groups is 2. The Balaban J connectivity index is 2.41. The minimum absolute atomic E-state index is 0.144. The van der Waals surface area contributed by atoms with Crippen LogP contribution in [0.3, 0.4) is 0 Å². The molecule has 7 nitrogen and oxygen atoms in total. The molecule has 1 atom stereocenters. The molecule has 2 rings (SSSR count). The summed E-state index contributed by atoms with van der Waals surface area (Å²) < 4.78 is 71.7. The van der Waals surface area contributed by atoms with Gasteiger partial charge in [0, 0.05) is 6.54 Å².